The van der Waals surface area contributed by atoms with E-state index in [0.29, 0.717) is 5.41 Å². The molecule has 1 saturated heterocycles. The average Bonchev–Trinajstić information content (AvgIpc) is 2.30. The van der Waals surface area contributed by atoms with Gasteiger partial charge in [-0.25, -0.2) is 0 Å². The fourth-order valence-corrected chi connectivity index (χ4v) is 2.24. The molecule has 2 rings (SSSR count). The first kappa shape index (κ1) is 14.0. The van der Waals surface area contributed by atoms with Crippen molar-refractivity contribution in [3.8, 4) is 0 Å². The first-order chi connectivity index (χ1) is 8.13. The Hall–Kier alpha value is -1.09. The van der Waals surface area contributed by atoms with Gasteiger partial charge in [0.2, 0.25) is 0 Å². The Morgan fingerprint density at radius 2 is 2.00 bits per heavy atom. The molecule has 1 aliphatic heterocycles. The molecule has 1 aliphatic rings. The van der Waals surface area contributed by atoms with Crippen molar-refractivity contribution >= 4 is 5.69 Å². The fraction of sp³-hybridized carbons (Fsp3) is 0.643. The van der Waals surface area contributed by atoms with Crippen LogP contribution in [-0.4, -0.2) is 31.7 Å². The Bertz CT molecular complexity index is 326. The molecule has 96 valence electrons. The van der Waals surface area contributed by atoms with Crippen molar-refractivity contribution in [1.29, 1.82) is 0 Å². The number of nitrogens with zero attached hydrogens (tertiary/aromatic N) is 2. The number of anilines is 1. The Kier molecular flexibility index (Phi) is 4.94. The molecule has 0 atom stereocenters. The van der Waals surface area contributed by atoms with Gasteiger partial charge in [-0.3, -0.25) is 4.98 Å². The van der Waals surface area contributed by atoms with E-state index >= 15 is 0 Å². The number of aromatic nitrogens is 1. The van der Waals surface area contributed by atoms with Crippen LogP contribution in [0.3, 0.4) is 0 Å². The molecule has 2 heterocycles. The minimum absolute atomic E-state index is 0.430. The van der Waals surface area contributed by atoms with Crippen LogP contribution in [0.2, 0.25) is 0 Å². The summed E-state index contributed by atoms with van der Waals surface area (Å²) in [6.45, 7) is 11.7. The number of pyridine rings is 1. The van der Waals surface area contributed by atoms with Gasteiger partial charge < -0.3 is 10.2 Å². The molecular weight excluding hydrogens is 210 g/mol. The highest BCUT2D eigenvalue weighted by atomic mass is 15.2. The van der Waals surface area contributed by atoms with Crippen molar-refractivity contribution in [2.24, 2.45) is 5.41 Å². The van der Waals surface area contributed by atoms with Gasteiger partial charge in [-0.2, -0.15) is 0 Å². The minimum atomic E-state index is 0.430. The van der Waals surface area contributed by atoms with Crippen molar-refractivity contribution in [2.45, 2.75) is 27.7 Å². The summed E-state index contributed by atoms with van der Waals surface area (Å²) < 4.78 is 0. The number of aryl methyl sites for hydroxylation is 1. The molecule has 0 saturated carbocycles. The predicted molar refractivity (Wildman–Crippen MR) is 74.6 cm³/mol. The van der Waals surface area contributed by atoms with Crippen molar-refractivity contribution in [1.82, 2.24) is 10.3 Å². The normalized spacial score (nSPS) is 16.9. The van der Waals surface area contributed by atoms with E-state index in [4.69, 9.17) is 0 Å². The van der Waals surface area contributed by atoms with E-state index in [9.17, 15) is 0 Å². The van der Waals surface area contributed by atoms with E-state index in [-0.39, 0.29) is 0 Å². The van der Waals surface area contributed by atoms with Gasteiger partial charge in [0.05, 0.1) is 11.9 Å². The Labute approximate surface area is 105 Å². The quantitative estimate of drug-likeness (QED) is 0.872. The number of hydrogen-bond donors (Lipinski definition) is 1. The zero-order valence-electron chi connectivity index (χ0n) is 11.7. The van der Waals surface area contributed by atoms with Crippen molar-refractivity contribution in [2.75, 3.05) is 31.6 Å². The lowest BCUT2D eigenvalue weighted by atomic mass is 9.81. The fourth-order valence-electron chi connectivity index (χ4n) is 2.24. The molecule has 3 heteroatoms. The molecule has 0 aliphatic carbocycles. The number of hydrogen-bond acceptors (Lipinski definition) is 3. The highest BCUT2D eigenvalue weighted by Gasteiger charge is 2.38. The highest BCUT2D eigenvalue weighted by molar-refractivity contribution is 5.48. The van der Waals surface area contributed by atoms with Crippen LogP contribution in [0, 0.1) is 12.3 Å². The first-order valence-electron chi connectivity index (χ1n) is 6.45. The lowest BCUT2D eigenvalue weighted by molar-refractivity contribution is 0.238. The molecule has 3 nitrogen and oxygen atoms in total. The topological polar surface area (TPSA) is 28.2 Å². The third kappa shape index (κ3) is 3.43. The Morgan fingerprint density at radius 3 is 2.47 bits per heavy atom. The second-order valence-corrected chi connectivity index (χ2v) is 4.85. The molecule has 1 aromatic heterocycles. The second-order valence-electron chi connectivity index (χ2n) is 4.85. The monoisotopic (exact) mass is 235 g/mol. The Morgan fingerprint density at radius 1 is 1.35 bits per heavy atom. The van der Waals surface area contributed by atoms with Crippen LogP contribution in [0.1, 0.15) is 26.5 Å². The van der Waals surface area contributed by atoms with Gasteiger partial charge in [-0.05, 0) is 26.1 Å². The molecular formula is C14H25N3. The van der Waals surface area contributed by atoms with Gasteiger partial charge in [0.15, 0.2) is 0 Å². The van der Waals surface area contributed by atoms with Gasteiger partial charge in [0, 0.05) is 30.7 Å². The van der Waals surface area contributed by atoms with Gasteiger partial charge in [0.1, 0.15) is 0 Å². The van der Waals surface area contributed by atoms with Crippen molar-refractivity contribution in [3.05, 3.63) is 24.0 Å². The molecule has 0 spiro atoms. The molecule has 0 radical (unpaired) electrons. The summed E-state index contributed by atoms with van der Waals surface area (Å²) >= 11 is 0. The molecule has 0 aromatic carbocycles. The van der Waals surface area contributed by atoms with E-state index in [2.05, 4.69) is 34.3 Å². The van der Waals surface area contributed by atoms with Gasteiger partial charge in [-0.1, -0.05) is 20.8 Å². The largest absolute Gasteiger partial charge is 0.369 e. The van der Waals surface area contributed by atoms with Crippen LogP contribution < -0.4 is 10.2 Å². The number of nitrogens with one attached hydrogen (secondary N) is 1. The second kappa shape index (κ2) is 6.01. The molecule has 0 bridgehead atoms. The van der Waals surface area contributed by atoms with Crippen LogP contribution in [-0.2, 0) is 0 Å². The van der Waals surface area contributed by atoms with E-state index in [1.807, 2.05) is 34.0 Å². The molecule has 0 amide bonds. The average molecular weight is 235 g/mol. The standard InChI is InChI=1S/C12H19N3.C2H6/c1-10-4-5-11(6-14-10)15-8-12(2,9-15)7-13-3;1-2/h4-6,13H,7-9H2,1-3H3;1-2H3. The third-order valence-corrected chi connectivity index (χ3v) is 3.01. The van der Waals surface area contributed by atoms with E-state index in [1.165, 1.54) is 5.69 Å². The summed E-state index contributed by atoms with van der Waals surface area (Å²) in [4.78, 5) is 6.70. The summed E-state index contributed by atoms with van der Waals surface area (Å²) in [6, 6.07) is 4.23. The maximum absolute atomic E-state index is 4.32. The summed E-state index contributed by atoms with van der Waals surface area (Å²) in [5.74, 6) is 0. The van der Waals surface area contributed by atoms with Crippen LogP contribution in [0.4, 0.5) is 5.69 Å². The lowest BCUT2D eigenvalue weighted by Crippen LogP contribution is -2.58. The van der Waals surface area contributed by atoms with Gasteiger partial charge >= 0.3 is 0 Å². The first-order valence-corrected chi connectivity index (χ1v) is 6.45. The highest BCUT2D eigenvalue weighted by Crippen LogP contribution is 2.32. The van der Waals surface area contributed by atoms with Crippen molar-refractivity contribution in [3.63, 3.8) is 0 Å². The van der Waals surface area contributed by atoms with Crippen molar-refractivity contribution < 1.29 is 0 Å². The zero-order valence-corrected chi connectivity index (χ0v) is 11.7. The Balaban J connectivity index is 0.000000686. The summed E-state index contributed by atoms with van der Waals surface area (Å²) in [5, 5.41) is 3.25. The predicted octanol–water partition coefficient (Wildman–Crippen LogP) is 2.46. The molecule has 17 heavy (non-hydrogen) atoms. The maximum atomic E-state index is 4.32. The summed E-state index contributed by atoms with van der Waals surface area (Å²) in [7, 11) is 2.02. The number of rotatable bonds is 3. The SMILES string of the molecule is CC.CNCC1(C)CN(c2ccc(C)nc2)C1. The third-order valence-electron chi connectivity index (χ3n) is 3.01. The van der Waals surface area contributed by atoms with E-state index in [0.717, 1.165) is 25.3 Å². The van der Waals surface area contributed by atoms with E-state index in [1.54, 1.807) is 0 Å². The maximum Gasteiger partial charge on any atom is 0.0553 e. The summed E-state index contributed by atoms with van der Waals surface area (Å²) in [6.07, 6.45) is 1.97. The molecule has 1 N–H and O–H groups in total. The molecule has 1 aromatic rings. The lowest BCUT2D eigenvalue weighted by Gasteiger charge is -2.49. The molecule has 1 fully saturated rings. The van der Waals surface area contributed by atoms with Crippen LogP contribution in [0.25, 0.3) is 0 Å². The molecule has 0 unspecified atom stereocenters. The smallest absolute Gasteiger partial charge is 0.0553 e. The van der Waals surface area contributed by atoms with E-state index < -0.39 is 0 Å². The van der Waals surface area contributed by atoms with Gasteiger partial charge in [-0.15, -0.1) is 0 Å². The van der Waals surface area contributed by atoms with Gasteiger partial charge in [0.25, 0.3) is 0 Å². The minimum Gasteiger partial charge on any atom is -0.369 e. The summed E-state index contributed by atoms with van der Waals surface area (Å²) in [5.41, 5.74) is 2.76. The van der Waals surface area contributed by atoms with Crippen LogP contribution in [0.15, 0.2) is 18.3 Å². The zero-order chi connectivity index (χ0) is 12.9. The van der Waals surface area contributed by atoms with Crippen LogP contribution in [0.5, 0.6) is 0 Å². The van der Waals surface area contributed by atoms with Crippen LogP contribution >= 0.6 is 0 Å².